The molecule has 1 aromatic rings. The molecule has 1 amide bonds. The fraction of sp³-hybridized carbons (Fsp3) is 0.500. The van der Waals surface area contributed by atoms with Crippen molar-refractivity contribution < 1.29 is 4.79 Å². The van der Waals surface area contributed by atoms with E-state index in [1.165, 1.54) is 11.1 Å². The molecule has 0 spiro atoms. The Kier molecular flexibility index (Phi) is 2.63. The number of rotatable bonds is 1. The minimum absolute atomic E-state index is 0.0595. The van der Waals surface area contributed by atoms with E-state index in [1.807, 2.05) is 17.0 Å². The lowest BCUT2D eigenvalue weighted by Gasteiger charge is -2.22. The van der Waals surface area contributed by atoms with Crippen molar-refractivity contribution >= 4 is 5.91 Å². The van der Waals surface area contributed by atoms with Gasteiger partial charge in [0.2, 0.25) is 5.91 Å². The van der Waals surface area contributed by atoms with E-state index in [1.54, 1.807) is 0 Å². The molecule has 2 N–H and O–H groups in total. The number of fused-ring (bicyclic) bond motifs is 1. The molecule has 17 heavy (non-hydrogen) atoms. The van der Waals surface area contributed by atoms with Crippen molar-refractivity contribution in [2.75, 3.05) is 0 Å². The van der Waals surface area contributed by atoms with Gasteiger partial charge in [-0.05, 0) is 24.0 Å². The molecule has 1 aliphatic heterocycles. The van der Waals surface area contributed by atoms with E-state index >= 15 is 0 Å². The SMILES string of the molecule is N[C@@H]1CCC[C@@H]1C(=O)N1Cc2ccccc2C1. The van der Waals surface area contributed by atoms with E-state index in [9.17, 15) is 4.79 Å². The molecule has 1 saturated carbocycles. The summed E-state index contributed by atoms with van der Waals surface area (Å²) in [5.74, 6) is 0.315. The van der Waals surface area contributed by atoms with Crippen molar-refractivity contribution in [1.29, 1.82) is 0 Å². The van der Waals surface area contributed by atoms with Gasteiger partial charge in [-0.15, -0.1) is 0 Å². The van der Waals surface area contributed by atoms with Crippen molar-refractivity contribution in [2.45, 2.75) is 38.4 Å². The number of nitrogens with zero attached hydrogens (tertiary/aromatic N) is 1. The number of carbonyl (C=O) groups is 1. The van der Waals surface area contributed by atoms with E-state index in [2.05, 4.69) is 12.1 Å². The Morgan fingerprint density at radius 1 is 1.18 bits per heavy atom. The Labute approximate surface area is 102 Å². The Balaban J connectivity index is 1.74. The summed E-state index contributed by atoms with van der Waals surface area (Å²) in [5, 5.41) is 0. The third-order valence-electron chi connectivity index (χ3n) is 4.04. The topological polar surface area (TPSA) is 46.3 Å². The first-order valence-electron chi connectivity index (χ1n) is 6.37. The van der Waals surface area contributed by atoms with Crippen LogP contribution in [-0.4, -0.2) is 16.8 Å². The van der Waals surface area contributed by atoms with Crippen LogP contribution in [0.25, 0.3) is 0 Å². The van der Waals surface area contributed by atoms with Gasteiger partial charge >= 0.3 is 0 Å². The maximum Gasteiger partial charge on any atom is 0.227 e. The third-order valence-corrected chi connectivity index (χ3v) is 4.04. The zero-order valence-corrected chi connectivity index (χ0v) is 9.93. The molecule has 2 atom stereocenters. The second-order valence-corrected chi connectivity index (χ2v) is 5.16. The lowest BCUT2D eigenvalue weighted by Crippen LogP contribution is -2.39. The second kappa shape index (κ2) is 4.15. The Morgan fingerprint density at radius 3 is 2.35 bits per heavy atom. The molecular weight excluding hydrogens is 212 g/mol. The summed E-state index contributed by atoms with van der Waals surface area (Å²) in [7, 11) is 0. The number of nitrogens with two attached hydrogens (primary N) is 1. The summed E-state index contributed by atoms with van der Waals surface area (Å²) in [5.41, 5.74) is 8.57. The van der Waals surface area contributed by atoms with Gasteiger partial charge in [0.1, 0.15) is 0 Å². The van der Waals surface area contributed by atoms with Crippen molar-refractivity contribution in [3.8, 4) is 0 Å². The molecule has 1 aliphatic carbocycles. The lowest BCUT2D eigenvalue weighted by atomic mass is 10.0. The van der Waals surface area contributed by atoms with Gasteiger partial charge < -0.3 is 10.6 Å². The van der Waals surface area contributed by atoms with E-state index in [4.69, 9.17) is 5.73 Å². The van der Waals surface area contributed by atoms with Crippen LogP contribution in [0.15, 0.2) is 24.3 Å². The van der Waals surface area contributed by atoms with Crippen molar-refractivity contribution in [3.63, 3.8) is 0 Å². The molecule has 1 fully saturated rings. The van der Waals surface area contributed by atoms with Crippen LogP contribution >= 0.6 is 0 Å². The average molecular weight is 230 g/mol. The maximum absolute atomic E-state index is 12.4. The average Bonchev–Trinajstić information content (AvgIpc) is 2.93. The first kappa shape index (κ1) is 10.8. The normalized spacial score (nSPS) is 27.2. The zero-order valence-electron chi connectivity index (χ0n) is 9.93. The summed E-state index contributed by atoms with van der Waals surface area (Å²) in [6, 6.07) is 8.36. The Morgan fingerprint density at radius 2 is 1.82 bits per heavy atom. The molecule has 90 valence electrons. The molecule has 0 bridgehead atoms. The maximum atomic E-state index is 12.4. The monoisotopic (exact) mass is 230 g/mol. The predicted molar refractivity (Wildman–Crippen MR) is 66.0 cm³/mol. The second-order valence-electron chi connectivity index (χ2n) is 5.16. The molecule has 0 saturated heterocycles. The molecule has 0 radical (unpaired) electrons. The molecule has 0 unspecified atom stereocenters. The van der Waals surface area contributed by atoms with Gasteiger partial charge in [-0.1, -0.05) is 30.7 Å². The first-order valence-corrected chi connectivity index (χ1v) is 6.37. The van der Waals surface area contributed by atoms with Crippen molar-refractivity contribution in [3.05, 3.63) is 35.4 Å². The standard InChI is InChI=1S/C14H18N2O/c15-13-7-3-6-12(13)14(17)16-8-10-4-1-2-5-11(10)9-16/h1-2,4-5,12-13H,3,6-9,15H2/t12-,13+/m0/s1. The number of benzene rings is 1. The minimum Gasteiger partial charge on any atom is -0.334 e. The van der Waals surface area contributed by atoms with Gasteiger partial charge in [-0.2, -0.15) is 0 Å². The quantitative estimate of drug-likeness (QED) is 0.797. The largest absolute Gasteiger partial charge is 0.334 e. The van der Waals surface area contributed by atoms with Crippen LogP contribution in [0.2, 0.25) is 0 Å². The number of hydrogen-bond donors (Lipinski definition) is 1. The van der Waals surface area contributed by atoms with E-state index in [0.717, 1.165) is 32.4 Å². The van der Waals surface area contributed by atoms with Crippen LogP contribution in [0.4, 0.5) is 0 Å². The Hall–Kier alpha value is -1.35. The highest BCUT2D eigenvalue weighted by Crippen LogP contribution is 2.30. The third kappa shape index (κ3) is 1.84. The molecule has 3 nitrogen and oxygen atoms in total. The van der Waals surface area contributed by atoms with Gasteiger partial charge in [0.25, 0.3) is 0 Å². The highest BCUT2D eigenvalue weighted by atomic mass is 16.2. The smallest absolute Gasteiger partial charge is 0.227 e. The molecule has 0 aromatic heterocycles. The van der Waals surface area contributed by atoms with E-state index < -0.39 is 0 Å². The fourth-order valence-electron chi connectivity index (χ4n) is 3.02. The van der Waals surface area contributed by atoms with E-state index in [0.29, 0.717) is 0 Å². The van der Waals surface area contributed by atoms with Crippen LogP contribution in [0.5, 0.6) is 0 Å². The number of amides is 1. The highest BCUT2D eigenvalue weighted by Gasteiger charge is 2.35. The summed E-state index contributed by atoms with van der Waals surface area (Å²) < 4.78 is 0. The van der Waals surface area contributed by atoms with Crippen LogP contribution in [0.3, 0.4) is 0 Å². The van der Waals surface area contributed by atoms with Crippen LogP contribution in [-0.2, 0) is 17.9 Å². The highest BCUT2D eigenvalue weighted by molar-refractivity contribution is 5.80. The minimum atomic E-state index is 0.0595. The van der Waals surface area contributed by atoms with Crippen molar-refractivity contribution in [1.82, 2.24) is 4.90 Å². The zero-order chi connectivity index (χ0) is 11.8. The molecule has 2 aliphatic rings. The summed E-state index contributed by atoms with van der Waals surface area (Å²) in [6.07, 6.45) is 3.06. The molecule has 3 heteroatoms. The Bertz CT molecular complexity index is 419. The van der Waals surface area contributed by atoms with E-state index in [-0.39, 0.29) is 17.9 Å². The summed E-state index contributed by atoms with van der Waals surface area (Å²) >= 11 is 0. The van der Waals surface area contributed by atoms with Gasteiger partial charge in [0, 0.05) is 19.1 Å². The fourth-order valence-corrected chi connectivity index (χ4v) is 3.02. The van der Waals surface area contributed by atoms with Crippen molar-refractivity contribution in [2.24, 2.45) is 11.7 Å². The summed E-state index contributed by atoms with van der Waals surface area (Å²) in [4.78, 5) is 14.3. The van der Waals surface area contributed by atoms with Crippen LogP contribution in [0.1, 0.15) is 30.4 Å². The molecule has 3 rings (SSSR count). The lowest BCUT2D eigenvalue weighted by molar-refractivity contribution is -0.136. The van der Waals surface area contributed by atoms with Crippen LogP contribution < -0.4 is 5.73 Å². The predicted octanol–water partition coefficient (Wildman–Crippen LogP) is 1.66. The molecule has 1 heterocycles. The number of hydrogen-bond acceptors (Lipinski definition) is 2. The van der Waals surface area contributed by atoms with Gasteiger partial charge in [0.05, 0.1) is 5.92 Å². The number of carbonyl (C=O) groups excluding carboxylic acids is 1. The molecular formula is C14H18N2O. The van der Waals surface area contributed by atoms with Gasteiger partial charge in [-0.3, -0.25) is 4.79 Å². The first-order chi connectivity index (χ1) is 8.25. The van der Waals surface area contributed by atoms with Crippen LogP contribution in [0, 0.1) is 5.92 Å². The van der Waals surface area contributed by atoms with Gasteiger partial charge in [-0.25, -0.2) is 0 Å². The van der Waals surface area contributed by atoms with Gasteiger partial charge in [0.15, 0.2) is 0 Å². The molecule has 1 aromatic carbocycles. The summed E-state index contributed by atoms with van der Waals surface area (Å²) in [6.45, 7) is 1.52.